The summed E-state index contributed by atoms with van der Waals surface area (Å²) in [4.78, 5) is 16.5. The summed E-state index contributed by atoms with van der Waals surface area (Å²) >= 11 is 0. The highest BCUT2D eigenvalue weighted by atomic mass is 16.6. The molecule has 2 atom stereocenters. The van der Waals surface area contributed by atoms with Crippen LogP contribution in [0.5, 0.6) is 5.75 Å². The van der Waals surface area contributed by atoms with E-state index < -0.39 is 5.60 Å². The number of hydrogen-bond acceptors (Lipinski definition) is 4. The molecule has 0 unspecified atom stereocenters. The second kappa shape index (κ2) is 5.95. The Kier molecular flexibility index (Phi) is 4.13. The molecule has 0 spiro atoms. The van der Waals surface area contributed by atoms with Gasteiger partial charge in [-0.1, -0.05) is 6.07 Å². The molecule has 2 saturated heterocycles. The van der Waals surface area contributed by atoms with Crippen LogP contribution in [-0.4, -0.2) is 49.9 Å². The highest BCUT2D eigenvalue weighted by Crippen LogP contribution is 2.35. The summed E-state index contributed by atoms with van der Waals surface area (Å²) in [7, 11) is 1.69. The van der Waals surface area contributed by atoms with Crippen molar-refractivity contribution in [3.63, 3.8) is 0 Å². The third-order valence-electron chi connectivity index (χ3n) is 4.56. The van der Waals surface area contributed by atoms with Gasteiger partial charge in [0.15, 0.2) is 0 Å². The molecule has 5 heteroatoms. The minimum atomic E-state index is -0.429. The van der Waals surface area contributed by atoms with Crippen LogP contribution < -0.4 is 9.64 Å². The van der Waals surface area contributed by atoms with Crippen molar-refractivity contribution in [2.75, 3.05) is 38.2 Å². The summed E-state index contributed by atoms with van der Waals surface area (Å²) in [5, 5.41) is 0. The first-order chi connectivity index (χ1) is 10.9. The van der Waals surface area contributed by atoms with Crippen molar-refractivity contribution in [1.82, 2.24) is 4.90 Å². The lowest BCUT2D eigenvalue weighted by Gasteiger charge is -2.26. The van der Waals surface area contributed by atoms with Gasteiger partial charge in [-0.05, 0) is 32.9 Å². The fraction of sp³-hybridized carbons (Fsp3) is 0.611. The first-order valence-corrected chi connectivity index (χ1v) is 8.22. The number of amides is 1. The number of benzene rings is 1. The SMILES string of the molecule is COc1cccc(N2C[C@H]3CN(C(=O)OC(C)(C)C)C[C@H]3C2)c1. The molecule has 0 aliphatic carbocycles. The zero-order chi connectivity index (χ0) is 16.6. The second-order valence-electron chi connectivity index (χ2n) is 7.51. The van der Waals surface area contributed by atoms with E-state index in [4.69, 9.17) is 9.47 Å². The van der Waals surface area contributed by atoms with Gasteiger partial charge in [0.05, 0.1) is 7.11 Å². The Balaban J connectivity index is 1.60. The van der Waals surface area contributed by atoms with Gasteiger partial charge in [0, 0.05) is 49.8 Å². The minimum absolute atomic E-state index is 0.181. The molecular weight excluding hydrogens is 292 g/mol. The number of hydrogen-bond donors (Lipinski definition) is 0. The number of carbonyl (C=O) groups excluding carboxylic acids is 1. The molecule has 1 amide bonds. The molecule has 1 aromatic rings. The Morgan fingerprint density at radius 1 is 1.13 bits per heavy atom. The van der Waals surface area contributed by atoms with Gasteiger partial charge in [0.25, 0.3) is 0 Å². The Morgan fingerprint density at radius 2 is 1.78 bits per heavy atom. The smallest absolute Gasteiger partial charge is 0.410 e. The van der Waals surface area contributed by atoms with Crippen LogP contribution >= 0.6 is 0 Å². The van der Waals surface area contributed by atoms with Crippen LogP contribution in [0.15, 0.2) is 24.3 Å². The third kappa shape index (κ3) is 3.54. The molecule has 5 nitrogen and oxygen atoms in total. The highest BCUT2D eigenvalue weighted by molar-refractivity contribution is 5.68. The van der Waals surface area contributed by atoms with Gasteiger partial charge in [0.1, 0.15) is 11.4 Å². The van der Waals surface area contributed by atoms with Crippen LogP contribution in [0.25, 0.3) is 0 Å². The van der Waals surface area contributed by atoms with E-state index in [1.807, 2.05) is 37.8 Å². The van der Waals surface area contributed by atoms with Crippen molar-refractivity contribution in [2.24, 2.45) is 11.8 Å². The average molecular weight is 318 g/mol. The van der Waals surface area contributed by atoms with Gasteiger partial charge in [-0.2, -0.15) is 0 Å². The molecule has 0 saturated carbocycles. The standard InChI is InChI=1S/C18H26N2O3/c1-18(2,3)23-17(21)20-11-13-9-19(10-14(13)12-20)15-6-5-7-16(8-15)22-4/h5-8,13-14H,9-12H2,1-4H3/t13-,14+. The largest absolute Gasteiger partial charge is 0.497 e. The second-order valence-corrected chi connectivity index (χ2v) is 7.51. The number of methoxy groups -OCH3 is 1. The molecule has 126 valence electrons. The summed E-state index contributed by atoms with van der Waals surface area (Å²) in [6.07, 6.45) is -0.181. The van der Waals surface area contributed by atoms with Crippen LogP contribution in [-0.2, 0) is 4.74 Å². The number of fused-ring (bicyclic) bond motifs is 1. The maximum atomic E-state index is 12.2. The van der Waals surface area contributed by atoms with Crippen molar-refractivity contribution in [3.05, 3.63) is 24.3 Å². The van der Waals surface area contributed by atoms with Crippen molar-refractivity contribution < 1.29 is 14.3 Å². The molecule has 0 bridgehead atoms. The van der Waals surface area contributed by atoms with Crippen LogP contribution in [0.2, 0.25) is 0 Å². The summed E-state index contributed by atoms with van der Waals surface area (Å²) < 4.78 is 10.8. The zero-order valence-corrected chi connectivity index (χ0v) is 14.4. The van der Waals surface area contributed by atoms with Crippen molar-refractivity contribution in [2.45, 2.75) is 26.4 Å². The topological polar surface area (TPSA) is 42.0 Å². The Hall–Kier alpha value is -1.91. The first-order valence-electron chi connectivity index (χ1n) is 8.22. The van der Waals surface area contributed by atoms with Gasteiger partial charge in [-0.15, -0.1) is 0 Å². The Bertz CT molecular complexity index is 568. The molecule has 23 heavy (non-hydrogen) atoms. The van der Waals surface area contributed by atoms with Gasteiger partial charge >= 0.3 is 6.09 Å². The quantitative estimate of drug-likeness (QED) is 0.841. The van der Waals surface area contributed by atoms with Gasteiger partial charge in [-0.3, -0.25) is 0 Å². The predicted octanol–water partition coefficient (Wildman–Crippen LogP) is 3.00. The molecular formula is C18H26N2O3. The molecule has 0 radical (unpaired) electrons. The van der Waals surface area contributed by atoms with E-state index in [0.717, 1.165) is 31.9 Å². The monoisotopic (exact) mass is 318 g/mol. The van der Waals surface area contributed by atoms with Crippen molar-refractivity contribution >= 4 is 11.8 Å². The minimum Gasteiger partial charge on any atom is -0.497 e. The summed E-state index contributed by atoms with van der Waals surface area (Å²) in [6.45, 7) is 9.28. The van der Waals surface area contributed by atoms with Gasteiger partial charge < -0.3 is 19.3 Å². The van der Waals surface area contributed by atoms with Crippen LogP contribution in [0.1, 0.15) is 20.8 Å². The zero-order valence-electron chi connectivity index (χ0n) is 14.4. The summed E-state index contributed by atoms with van der Waals surface area (Å²) in [6, 6.07) is 8.18. The van der Waals surface area contributed by atoms with Gasteiger partial charge in [0.2, 0.25) is 0 Å². The maximum Gasteiger partial charge on any atom is 0.410 e. The summed E-state index contributed by atoms with van der Waals surface area (Å²) in [5.74, 6) is 1.93. The fourth-order valence-corrected chi connectivity index (χ4v) is 3.49. The van der Waals surface area contributed by atoms with Crippen molar-refractivity contribution in [1.29, 1.82) is 0 Å². The van der Waals surface area contributed by atoms with E-state index in [0.29, 0.717) is 11.8 Å². The van der Waals surface area contributed by atoms with E-state index in [9.17, 15) is 4.79 Å². The Morgan fingerprint density at radius 3 is 2.35 bits per heavy atom. The van der Waals surface area contributed by atoms with E-state index >= 15 is 0 Å². The number of carbonyl (C=O) groups is 1. The summed E-state index contributed by atoms with van der Waals surface area (Å²) in [5.41, 5.74) is 0.768. The van der Waals surface area contributed by atoms with Crippen LogP contribution in [0.4, 0.5) is 10.5 Å². The van der Waals surface area contributed by atoms with Crippen molar-refractivity contribution in [3.8, 4) is 5.75 Å². The predicted molar refractivity (Wildman–Crippen MR) is 90.0 cm³/mol. The number of anilines is 1. The lowest BCUT2D eigenvalue weighted by atomic mass is 10.0. The molecule has 3 rings (SSSR count). The number of nitrogens with zero attached hydrogens (tertiary/aromatic N) is 2. The number of ether oxygens (including phenoxy) is 2. The number of rotatable bonds is 2. The average Bonchev–Trinajstić information content (AvgIpc) is 3.04. The van der Waals surface area contributed by atoms with E-state index in [1.165, 1.54) is 5.69 Å². The fourth-order valence-electron chi connectivity index (χ4n) is 3.49. The maximum absolute atomic E-state index is 12.2. The van der Waals surface area contributed by atoms with E-state index in [2.05, 4.69) is 17.0 Å². The lowest BCUT2D eigenvalue weighted by molar-refractivity contribution is 0.0282. The molecule has 2 aliphatic rings. The molecule has 2 heterocycles. The highest BCUT2D eigenvalue weighted by Gasteiger charge is 2.42. The third-order valence-corrected chi connectivity index (χ3v) is 4.56. The van der Waals surface area contributed by atoms with Crippen LogP contribution in [0.3, 0.4) is 0 Å². The molecule has 2 fully saturated rings. The molecule has 0 aromatic heterocycles. The molecule has 0 N–H and O–H groups in total. The van der Waals surface area contributed by atoms with E-state index in [-0.39, 0.29) is 6.09 Å². The normalized spacial score (nSPS) is 23.8. The van der Waals surface area contributed by atoms with Crippen LogP contribution in [0, 0.1) is 11.8 Å². The first kappa shape index (κ1) is 16.0. The Labute approximate surface area is 138 Å². The molecule has 1 aromatic carbocycles. The molecule has 2 aliphatic heterocycles. The van der Waals surface area contributed by atoms with Gasteiger partial charge in [-0.25, -0.2) is 4.79 Å². The lowest BCUT2D eigenvalue weighted by Crippen LogP contribution is -2.37. The number of likely N-dealkylation sites (tertiary alicyclic amines) is 1. The van der Waals surface area contributed by atoms with E-state index in [1.54, 1.807) is 7.11 Å².